The third-order valence-corrected chi connectivity index (χ3v) is 3.78. The molecule has 0 heterocycles. The van der Waals surface area contributed by atoms with Gasteiger partial charge in [-0.15, -0.1) is 0 Å². The summed E-state index contributed by atoms with van der Waals surface area (Å²) < 4.78 is 5.73. The van der Waals surface area contributed by atoms with Crippen molar-refractivity contribution < 1.29 is 14.6 Å². The highest BCUT2D eigenvalue weighted by Gasteiger charge is 2.20. The van der Waals surface area contributed by atoms with E-state index in [-0.39, 0.29) is 24.5 Å². The summed E-state index contributed by atoms with van der Waals surface area (Å²) in [4.78, 5) is 12.0. The van der Waals surface area contributed by atoms with Gasteiger partial charge in [0.15, 0.2) is 0 Å². The number of hydrogen-bond acceptors (Lipinski definition) is 3. The fourth-order valence-electron chi connectivity index (χ4n) is 1.86. The minimum atomic E-state index is -0.231. The molecule has 2 N–H and O–H groups in total. The van der Waals surface area contributed by atoms with Crippen molar-refractivity contribution in [1.82, 2.24) is 5.32 Å². The van der Waals surface area contributed by atoms with Crippen LogP contribution in [0.3, 0.4) is 0 Å². The van der Waals surface area contributed by atoms with E-state index < -0.39 is 0 Å². The average molecular weight is 298 g/mol. The number of rotatable bonds is 6. The zero-order valence-electron chi connectivity index (χ0n) is 11.6. The highest BCUT2D eigenvalue weighted by molar-refractivity contribution is 6.34. The average Bonchev–Trinajstić information content (AvgIpc) is 2.40. The topological polar surface area (TPSA) is 58.6 Å². The first-order chi connectivity index (χ1) is 9.60. The Kier molecular flexibility index (Phi) is 5.26. The maximum atomic E-state index is 12.0. The molecule has 1 fully saturated rings. The first-order valence-electron chi connectivity index (χ1n) is 6.95. The number of benzene rings is 1. The Morgan fingerprint density at radius 2 is 2.30 bits per heavy atom. The zero-order chi connectivity index (χ0) is 14.5. The molecular weight excluding hydrogens is 278 g/mol. The van der Waals surface area contributed by atoms with Crippen LogP contribution in [0, 0.1) is 5.92 Å². The monoisotopic (exact) mass is 297 g/mol. The van der Waals surface area contributed by atoms with Gasteiger partial charge in [-0.25, -0.2) is 0 Å². The summed E-state index contributed by atoms with van der Waals surface area (Å²) in [6, 6.07) is 5.13. The van der Waals surface area contributed by atoms with E-state index in [2.05, 4.69) is 5.32 Å². The lowest BCUT2D eigenvalue weighted by molar-refractivity contribution is 0.0942. The summed E-state index contributed by atoms with van der Waals surface area (Å²) in [5.41, 5.74) is 0.428. The van der Waals surface area contributed by atoms with Gasteiger partial charge in [-0.1, -0.05) is 18.5 Å². The number of aliphatic hydroxyl groups is 1. The molecule has 0 bridgehead atoms. The second kappa shape index (κ2) is 6.95. The number of halogens is 1. The molecular formula is C15H20ClNO3. The van der Waals surface area contributed by atoms with Crippen molar-refractivity contribution in [2.75, 3.05) is 13.2 Å². The molecule has 2 rings (SSSR count). The summed E-state index contributed by atoms with van der Waals surface area (Å²) >= 11 is 6.13. The van der Waals surface area contributed by atoms with Gasteiger partial charge in [-0.05, 0) is 43.4 Å². The van der Waals surface area contributed by atoms with Crippen LogP contribution in [0.25, 0.3) is 0 Å². The molecule has 1 aromatic carbocycles. The molecule has 1 atom stereocenters. The molecule has 20 heavy (non-hydrogen) atoms. The first-order valence-corrected chi connectivity index (χ1v) is 7.33. The van der Waals surface area contributed by atoms with Crippen LogP contribution in [-0.4, -0.2) is 30.3 Å². The van der Waals surface area contributed by atoms with E-state index in [0.29, 0.717) is 22.9 Å². The molecule has 4 nitrogen and oxygen atoms in total. The van der Waals surface area contributed by atoms with Crippen LogP contribution in [-0.2, 0) is 0 Å². The van der Waals surface area contributed by atoms with Crippen molar-refractivity contribution >= 4 is 17.5 Å². The van der Waals surface area contributed by atoms with E-state index in [9.17, 15) is 4.79 Å². The molecule has 1 aromatic rings. The van der Waals surface area contributed by atoms with Crippen molar-refractivity contribution in [2.24, 2.45) is 5.92 Å². The van der Waals surface area contributed by atoms with Crippen molar-refractivity contribution in [3.05, 3.63) is 28.8 Å². The summed E-state index contributed by atoms with van der Waals surface area (Å²) in [5, 5.41) is 12.1. The minimum absolute atomic E-state index is 0.0268. The summed E-state index contributed by atoms with van der Waals surface area (Å²) in [6.45, 7) is 2.33. The molecule has 5 heteroatoms. The van der Waals surface area contributed by atoms with Crippen molar-refractivity contribution in [3.63, 3.8) is 0 Å². The largest absolute Gasteiger partial charge is 0.490 e. The summed E-state index contributed by atoms with van der Waals surface area (Å²) in [7, 11) is 0. The lowest BCUT2D eigenvalue weighted by Crippen LogP contribution is -2.29. The molecule has 1 saturated carbocycles. The van der Waals surface area contributed by atoms with Crippen LogP contribution in [0.2, 0.25) is 5.02 Å². The third kappa shape index (κ3) is 3.87. The van der Waals surface area contributed by atoms with E-state index >= 15 is 0 Å². The van der Waals surface area contributed by atoms with Crippen LogP contribution in [0.5, 0.6) is 5.75 Å². The number of aliphatic hydroxyl groups excluding tert-OH is 1. The first kappa shape index (κ1) is 15.1. The Balaban J connectivity index is 1.95. The smallest absolute Gasteiger partial charge is 0.252 e. The van der Waals surface area contributed by atoms with Crippen molar-refractivity contribution in [3.8, 4) is 5.75 Å². The molecule has 1 aliphatic rings. The number of amides is 1. The number of nitrogens with one attached hydrogen (secondary N) is 1. The summed E-state index contributed by atoms with van der Waals surface area (Å²) in [5.74, 6) is 0.504. The Morgan fingerprint density at radius 3 is 2.85 bits per heavy atom. The highest BCUT2D eigenvalue weighted by atomic mass is 35.5. The number of ether oxygens (including phenoxy) is 1. The Labute approximate surface area is 124 Å². The van der Waals surface area contributed by atoms with Gasteiger partial charge < -0.3 is 15.2 Å². The van der Waals surface area contributed by atoms with Gasteiger partial charge in [0.05, 0.1) is 16.7 Å². The quantitative estimate of drug-likeness (QED) is 0.848. The second-order valence-corrected chi connectivity index (χ2v) is 5.72. The molecule has 110 valence electrons. The van der Waals surface area contributed by atoms with Crippen LogP contribution in [0.4, 0.5) is 0 Å². The molecule has 0 spiro atoms. The number of carbonyl (C=O) groups excluding carboxylic acids is 1. The van der Waals surface area contributed by atoms with Crippen LogP contribution in [0.15, 0.2) is 18.2 Å². The lowest BCUT2D eigenvalue weighted by Gasteiger charge is -2.26. The van der Waals surface area contributed by atoms with Crippen molar-refractivity contribution in [2.45, 2.75) is 32.3 Å². The highest BCUT2D eigenvalue weighted by Crippen LogP contribution is 2.28. The maximum absolute atomic E-state index is 12.0. The van der Waals surface area contributed by atoms with E-state index in [0.717, 1.165) is 12.8 Å². The van der Waals surface area contributed by atoms with Gasteiger partial charge >= 0.3 is 0 Å². The minimum Gasteiger partial charge on any atom is -0.490 e. The van der Waals surface area contributed by atoms with Gasteiger partial charge in [-0.3, -0.25) is 4.79 Å². The Morgan fingerprint density at radius 1 is 1.55 bits per heavy atom. The molecule has 0 saturated heterocycles. The van der Waals surface area contributed by atoms with Gasteiger partial charge in [0, 0.05) is 13.2 Å². The predicted octanol–water partition coefficient (Wildman–Crippen LogP) is 2.63. The normalized spacial score (nSPS) is 16.4. The fourth-order valence-corrected chi connectivity index (χ4v) is 2.12. The number of carbonyl (C=O) groups is 1. The molecule has 0 aromatic heterocycles. The standard InChI is InChI=1S/C15H20ClNO3/c1-10(9-18)8-17-15(19)13-6-5-12(7-14(13)16)20-11-3-2-4-11/h5-7,10-11,18H,2-4,8-9H2,1H3,(H,17,19). The van der Waals surface area contributed by atoms with Crippen molar-refractivity contribution in [1.29, 1.82) is 0 Å². The van der Waals surface area contributed by atoms with E-state index in [4.69, 9.17) is 21.4 Å². The molecule has 1 amide bonds. The van der Waals surface area contributed by atoms with Gasteiger partial charge in [0.2, 0.25) is 0 Å². The Bertz CT molecular complexity index is 474. The summed E-state index contributed by atoms with van der Waals surface area (Å²) in [6.07, 6.45) is 3.66. The SMILES string of the molecule is CC(CO)CNC(=O)c1ccc(OC2CCC2)cc1Cl. The lowest BCUT2D eigenvalue weighted by atomic mass is 9.96. The molecule has 0 radical (unpaired) electrons. The van der Waals surface area contributed by atoms with E-state index in [1.54, 1.807) is 18.2 Å². The molecule has 1 unspecified atom stereocenters. The Hall–Kier alpha value is -1.26. The maximum Gasteiger partial charge on any atom is 0.252 e. The number of hydrogen-bond donors (Lipinski definition) is 2. The van der Waals surface area contributed by atoms with Gasteiger partial charge in [0.1, 0.15) is 5.75 Å². The third-order valence-electron chi connectivity index (χ3n) is 3.46. The van der Waals surface area contributed by atoms with Gasteiger partial charge in [0.25, 0.3) is 5.91 Å². The van der Waals surface area contributed by atoms with Crippen LogP contribution >= 0.6 is 11.6 Å². The van der Waals surface area contributed by atoms with E-state index in [1.165, 1.54) is 6.42 Å². The van der Waals surface area contributed by atoms with Gasteiger partial charge in [-0.2, -0.15) is 0 Å². The van der Waals surface area contributed by atoms with Crippen LogP contribution < -0.4 is 10.1 Å². The van der Waals surface area contributed by atoms with Crippen LogP contribution in [0.1, 0.15) is 36.5 Å². The zero-order valence-corrected chi connectivity index (χ0v) is 12.3. The second-order valence-electron chi connectivity index (χ2n) is 5.31. The van der Waals surface area contributed by atoms with E-state index in [1.807, 2.05) is 6.92 Å². The molecule has 1 aliphatic carbocycles. The predicted molar refractivity (Wildman–Crippen MR) is 78.3 cm³/mol. The fraction of sp³-hybridized carbons (Fsp3) is 0.533. The molecule has 0 aliphatic heterocycles.